The fraction of sp³-hybridized carbons (Fsp3) is 0.273. The van der Waals surface area contributed by atoms with Gasteiger partial charge in [-0.1, -0.05) is 18.2 Å². The minimum absolute atomic E-state index is 0.142. The van der Waals surface area contributed by atoms with Gasteiger partial charge in [0.25, 0.3) is 0 Å². The molecule has 0 aliphatic rings. The predicted molar refractivity (Wildman–Crippen MR) is 57.1 cm³/mol. The number of halogens is 1. The molecule has 0 radical (unpaired) electrons. The van der Waals surface area contributed by atoms with E-state index < -0.39 is 23.9 Å². The highest BCUT2D eigenvalue weighted by Crippen LogP contribution is 2.09. The fourth-order valence-electron chi connectivity index (χ4n) is 1.29. The lowest BCUT2D eigenvalue weighted by molar-refractivity contribution is -0.139. The molecule has 0 aromatic heterocycles. The lowest BCUT2D eigenvalue weighted by atomic mass is 10.1. The van der Waals surface area contributed by atoms with Gasteiger partial charge in [0.05, 0.1) is 7.11 Å². The molecular formula is C11H12FNO4. The molecule has 1 rings (SSSR count). The molecule has 1 amide bonds. The highest BCUT2D eigenvalue weighted by molar-refractivity contribution is 5.80. The zero-order valence-electron chi connectivity index (χ0n) is 9.14. The number of carbonyl (C=O) groups is 2. The number of nitrogens with one attached hydrogen (secondary N) is 1. The normalized spacial score (nSPS) is 11.6. The Hall–Kier alpha value is -2.11. The van der Waals surface area contributed by atoms with E-state index in [2.05, 4.69) is 10.1 Å². The average molecular weight is 241 g/mol. The molecule has 2 N–H and O–H groups in total. The molecule has 1 unspecified atom stereocenters. The number of carboxylic acid groups (broad SMARTS) is 1. The van der Waals surface area contributed by atoms with E-state index in [9.17, 15) is 14.0 Å². The van der Waals surface area contributed by atoms with Crippen LogP contribution < -0.4 is 5.32 Å². The van der Waals surface area contributed by atoms with Crippen LogP contribution in [0.5, 0.6) is 0 Å². The first-order valence-corrected chi connectivity index (χ1v) is 4.85. The van der Waals surface area contributed by atoms with Crippen molar-refractivity contribution in [2.24, 2.45) is 0 Å². The van der Waals surface area contributed by atoms with Gasteiger partial charge in [-0.05, 0) is 11.6 Å². The van der Waals surface area contributed by atoms with Gasteiger partial charge >= 0.3 is 12.1 Å². The Morgan fingerprint density at radius 1 is 1.47 bits per heavy atom. The van der Waals surface area contributed by atoms with Crippen LogP contribution in [0.4, 0.5) is 9.18 Å². The number of hydrogen-bond acceptors (Lipinski definition) is 3. The molecule has 0 aliphatic heterocycles. The number of rotatable bonds is 4. The van der Waals surface area contributed by atoms with Crippen LogP contribution in [0.3, 0.4) is 0 Å². The van der Waals surface area contributed by atoms with Crippen LogP contribution in [-0.4, -0.2) is 30.3 Å². The standard InChI is InChI=1S/C11H12FNO4/c1-17-11(16)13-9(10(14)15)6-7-4-2-3-5-8(7)12/h2-5,9H,6H2,1H3,(H,13,16)(H,14,15). The largest absolute Gasteiger partial charge is 0.480 e. The molecule has 92 valence electrons. The van der Waals surface area contributed by atoms with E-state index in [0.717, 1.165) is 7.11 Å². The van der Waals surface area contributed by atoms with Gasteiger partial charge in [-0.25, -0.2) is 14.0 Å². The number of amides is 1. The van der Waals surface area contributed by atoms with Gasteiger partial charge in [0.1, 0.15) is 11.9 Å². The third kappa shape index (κ3) is 3.75. The average Bonchev–Trinajstić information content (AvgIpc) is 2.30. The molecule has 5 nitrogen and oxygen atoms in total. The van der Waals surface area contributed by atoms with Gasteiger partial charge in [-0.15, -0.1) is 0 Å². The molecule has 0 fully saturated rings. The van der Waals surface area contributed by atoms with E-state index in [1.807, 2.05) is 0 Å². The third-order valence-electron chi connectivity index (χ3n) is 2.16. The SMILES string of the molecule is COC(=O)NC(Cc1ccccc1F)C(=O)O. The van der Waals surface area contributed by atoms with Crippen LogP contribution in [0.1, 0.15) is 5.56 Å². The highest BCUT2D eigenvalue weighted by Gasteiger charge is 2.21. The second-order valence-electron chi connectivity index (χ2n) is 3.32. The van der Waals surface area contributed by atoms with E-state index in [0.29, 0.717) is 0 Å². The summed E-state index contributed by atoms with van der Waals surface area (Å²) in [5, 5.41) is 11.0. The van der Waals surface area contributed by atoms with Crippen molar-refractivity contribution in [1.82, 2.24) is 5.32 Å². The molecule has 0 spiro atoms. The van der Waals surface area contributed by atoms with E-state index in [-0.39, 0.29) is 12.0 Å². The molecule has 1 aromatic rings. The maximum absolute atomic E-state index is 13.3. The van der Waals surface area contributed by atoms with Gasteiger partial charge in [0.2, 0.25) is 0 Å². The van der Waals surface area contributed by atoms with Crippen molar-refractivity contribution in [3.8, 4) is 0 Å². The maximum Gasteiger partial charge on any atom is 0.407 e. The second kappa shape index (κ2) is 5.83. The van der Waals surface area contributed by atoms with Crippen LogP contribution in [0, 0.1) is 5.82 Å². The molecule has 6 heteroatoms. The Bertz CT molecular complexity index is 422. The Morgan fingerprint density at radius 2 is 2.12 bits per heavy atom. The summed E-state index contributed by atoms with van der Waals surface area (Å²) in [4.78, 5) is 21.8. The van der Waals surface area contributed by atoms with E-state index in [4.69, 9.17) is 5.11 Å². The summed E-state index contributed by atoms with van der Waals surface area (Å²) < 4.78 is 17.6. The maximum atomic E-state index is 13.3. The number of methoxy groups -OCH3 is 1. The van der Waals surface area contributed by atoms with Crippen molar-refractivity contribution >= 4 is 12.1 Å². The molecule has 0 saturated heterocycles. The third-order valence-corrected chi connectivity index (χ3v) is 2.16. The first-order valence-electron chi connectivity index (χ1n) is 4.85. The van der Waals surface area contributed by atoms with Crippen molar-refractivity contribution in [1.29, 1.82) is 0 Å². The number of alkyl carbamates (subject to hydrolysis) is 1. The molecule has 0 heterocycles. The zero-order chi connectivity index (χ0) is 12.8. The fourth-order valence-corrected chi connectivity index (χ4v) is 1.29. The summed E-state index contributed by atoms with van der Waals surface area (Å²) in [7, 11) is 1.12. The lowest BCUT2D eigenvalue weighted by Gasteiger charge is -2.13. The molecule has 17 heavy (non-hydrogen) atoms. The topological polar surface area (TPSA) is 75.6 Å². The molecular weight excluding hydrogens is 229 g/mol. The number of ether oxygens (including phenoxy) is 1. The minimum Gasteiger partial charge on any atom is -0.480 e. The summed E-state index contributed by atoms with van der Waals surface area (Å²) in [6, 6.07) is 4.56. The summed E-state index contributed by atoms with van der Waals surface area (Å²) in [5.74, 6) is -1.76. The first-order chi connectivity index (χ1) is 8.04. The zero-order valence-corrected chi connectivity index (χ0v) is 9.14. The molecule has 0 bridgehead atoms. The Morgan fingerprint density at radius 3 is 2.65 bits per heavy atom. The van der Waals surface area contributed by atoms with E-state index >= 15 is 0 Å². The van der Waals surface area contributed by atoms with Crippen LogP contribution >= 0.6 is 0 Å². The quantitative estimate of drug-likeness (QED) is 0.829. The van der Waals surface area contributed by atoms with E-state index in [1.165, 1.54) is 18.2 Å². The molecule has 0 saturated carbocycles. The van der Waals surface area contributed by atoms with Crippen LogP contribution in [0.2, 0.25) is 0 Å². The molecule has 1 aromatic carbocycles. The Labute approximate surface area is 97.2 Å². The Balaban J connectivity index is 2.77. The van der Waals surface area contributed by atoms with Crippen molar-refractivity contribution < 1.29 is 23.8 Å². The predicted octanol–water partition coefficient (Wildman–Crippen LogP) is 1.18. The monoisotopic (exact) mass is 241 g/mol. The van der Waals surface area contributed by atoms with Gasteiger partial charge in [0.15, 0.2) is 0 Å². The van der Waals surface area contributed by atoms with Crippen molar-refractivity contribution in [3.63, 3.8) is 0 Å². The first kappa shape index (κ1) is 13.0. The summed E-state index contributed by atoms with van der Waals surface area (Å²) >= 11 is 0. The number of benzene rings is 1. The summed E-state index contributed by atoms with van der Waals surface area (Å²) in [5.41, 5.74) is 0.219. The number of aliphatic carboxylic acids is 1. The second-order valence-corrected chi connectivity index (χ2v) is 3.32. The summed E-state index contributed by atoms with van der Waals surface area (Å²) in [6.45, 7) is 0. The lowest BCUT2D eigenvalue weighted by Crippen LogP contribution is -2.42. The number of carboxylic acids is 1. The van der Waals surface area contributed by atoms with E-state index in [1.54, 1.807) is 6.07 Å². The molecule has 0 aliphatic carbocycles. The van der Waals surface area contributed by atoms with Gasteiger partial charge < -0.3 is 15.2 Å². The smallest absolute Gasteiger partial charge is 0.407 e. The minimum atomic E-state index is -1.25. The van der Waals surface area contributed by atoms with Crippen LogP contribution in [0.25, 0.3) is 0 Å². The Kier molecular flexibility index (Phi) is 4.45. The van der Waals surface area contributed by atoms with Crippen LogP contribution in [-0.2, 0) is 16.0 Å². The van der Waals surface area contributed by atoms with Crippen molar-refractivity contribution in [2.75, 3.05) is 7.11 Å². The number of carbonyl (C=O) groups excluding carboxylic acids is 1. The van der Waals surface area contributed by atoms with Gasteiger partial charge in [-0.3, -0.25) is 0 Å². The highest BCUT2D eigenvalue weighted by atomic mass is 19.1. The van der Waals surface area contributed by atoms with Gasteiger partial charge in [0, 0.05) is 6.42 Å². The van der Waals surface area contributed by atoms with Gasteiger partial charge in [-0.2, -0.15) is 0 Å². The molecule has 1 atom stereocenters. The summed E-state index contributed by atoms with van der Waals surface area (Å²) in [6.07, 6.45) is -1.01. The number of hydrogen-bond donors (Lipinski definition) is 2. The van der Waals surface area contributed by atoms with Crippen molar-refractivity contribution in [2.45, 2.75) is 12.5 Å². The van der Waals surface area contributed by atoms with Crippen LogP contribution in [0.15, 0.2) is 24.3 Å². The van der Waals surface area contributed by atoms with Crippen molar-refractivity contribution in [3.05, 3.63) is 35.6 Å².